The quantitative estimate of drug-likeness (QED) is 0.394. The van der Waals surface area contributed by atoms with Gasteiger partial charge in [0.15, 0.2) is 12.4 Å². The van der Waals surface area contributed by atoms with Crippen LogP contribution in [0.1, 0.15) is 0 Å². The molecule has 0 spiro atoms. The van der Waals surface area contributed by atoms with Crippen molar-refractivity contribution in [2.45, 2.75) is 30.6 Å². The summed E-state index contributed by atoms with van der Waals surface area (Å²) in [5.74, 6) is -1.37. The van der Waals surface area contributed by atoms with E-state index in [2.05, 4.69) is 0 Å². The molecule has 7 nitrogen and oxygen atoms in total. The lowest BCUT2D eigenvalue weighted by Gasteiger charge is -2.38. The summed E-state index contributed by atoms with van der Waals surface area (Å²) < 4.78 is 9.56. The standard InChI is InChI=1S/C7H13NO6/c1-13-7-2(8)3(9)4(10)5(14-7)6(11)12/h2-5,7,9-10H,8H2,1H3,(H,11,12)/t2?,3?,4-,5?,7+/m0/s1. The van der Waals surface area contributed by atoms with E-state index in [4.69, 9.17) is 20.3 Å². The number of aliphatic hydroxyl groups excluding tert-OH is 2. The first kappa shape index (κ1) is 11.3. The highest BCUT2D eigenvalue weighted by molar-refractivity contribution is 5.73. The van der Waals surface area contributed by atoms with Crippen LogP contribution in [0, 0.1) is 0 Å². The molecule has 0 radical (unpaired) electrons. The first-order chi connectivity index (χ1) is 6.49. The fourth-order valence-corrected chi connectivity index (χ4v) is 1.30. The van der Waals surface area contributed by atoms with Crippen LogP contribution >= 0.6 is 0 Å². The lowest BCUT2D eigenvalue weighted by Crippen LogP contribution is -2.63. The maximum atomic E-state index is 10.6. The molecule has 1 rings (SSSR count). The first-order valence-corrected chi connectivity index (χ1v) is 4.01. The summed E-state index contributed by atoms with van der Waals surface area (Å²) in [5.41, 5.74) is 5.43. The van der Waals surface area contributed by atoms with Crippen molar-refractivity contribution in [2.75, 3.05) is 7.11 Å². The molecule has 7 heteroatoms. The molecule has 1 fully saturated rings. The molecule has 14 heavy (non-hydrogen) atoms. The minimum absolute atomic E-state index is 0.967. The molecule has 5 N–H and O–H groups in total. The smallest absolute Gasteiger partial charge is 0.335 e. The van der Waals surface area contributed by atoms with Crippen LogP contribution in [-0.4, -0.2) is 59.0 Å². The van der Waals surface area contributed by atoms with Gasteiger partial charge in [0.1, 0.15) is 12.2 Å². The van der Waals surface area contributed by atoms with E-state index in [1.807, 2.05) is 0 Å². The number of rotatable bonds is 2. The Hall–Kier alpha value is -0.730. The molecule has 0 aromatic rings. The zero-order chi connectivity index (χ0) is 10.9. The molecule has 1 aliphatic heterocycles. The molecule has 0 aliphatic carbocycles. The van der Waals surface area contributed by atoms with Crippen molar-refractivity contribution >= 4 is 5.97 Å². The fraction of sp³-hybridized carbons (Fsp3) is 0.857. The zero-order valence-corrected chi connectivity index (χ0v) is 7.53. The van der Waals surface area contributed by atoms with Gasteiger partial charge >= 0.3 is 5.97 Å². The lowest BCUT2D eigenvalue weighted by atomic mass is 9.97. The van der Waals surface area contributed by atoms with Gasteiger partial charge in [0, 0.05) is 7.11 Å². The molecule has 0 aromatic carbocycles. The highest BCUT2D eigenvalue weighted by Crippen LogP contribution is 2.20. The molecule has 0 saturated carbocycles. The van der Waals surface area contributed by atoms with Gasteiger partial charge in [-0.05, 0) is 0 Å². The minimum Gasteiger partial charge on any atom is -0.479 e. The number of aliphatic carboxylic acids is 1. The second kappa shape index (κ2) is 4.20. The molecule has 0 aromatic heterocycles. The Morgan fingerprint density at radius 1 is 1.43 bits per heavy atom. The van der Waals surface area contributed by atoms with Crippen LogP contribution in [0.25, 0.3) is 0 Å². The summed E-state index contributed by atoms with van der Waals surface area (Å²) in [7, 11) is 1.27. The maximum Gasteiger partial charge on any atom is 0.335 e. The molecule has 1 aliphatic rings. The minimum atomic E-state index is -1.55. The molecule has 82 valence electrons. The van der Waals surface area contributed by atoms with E-state index >= 15 is 0 Å². The monoisotopic (exact) mass is 207 g/mol. The second-order valence-electron chi connectivity index (χ2n) is 3.06. The number of carboxylic acid groups (broad SMARTS) is 1. The Balaban J connectivity index is 2.78. The molecule has 1 saturated heterocycles. The summed E-state index contributed by atoms with van der Waals surface area (Å²) in [4.78, 5) is 10.6. The van der Waals surface area contributed by atoms with Crippen LogP contribution in [0.15, 0.2) is 0 Å². The third-order valence-corrected chi connectivity index (χ3v) is 2.13. The third kappa shape index (κ3) is 1.86. The number of aliphatic hydroxyl groups is 2. The van der Waals surface area contributed by atoms with E-state index in [1.54, 1.807) is 0 Å². The van der Waals surface area contributed by atoms with Crippen molar-refractivity contribution in [3.05, 3.63) is 0 Å². The first-order valence-electron chi connectivity index (χ1n) is 4.01. The van der Waals surface area contributed by atoms with Crippen molar-refractivity contribution in [3.63, 3.8) is 0 Å². The Morgan fingerprint density at radius 2 is 2.00 bits per heavy atom. The number of carboxylic acids is 1. The van der Waals surface area contributed by atoms with Gasteiger partial charge in [-0.15, -0.1) is 0 Å². The van der Waals surface area contributed by atoms with Gasteiger partial charge in [-0.1, -0.05) is 0 Å². The van der Waals surface area contributed by atoms with E-state index < -0.39 is 36.6 Å². The fourth-order valence-electron chi connectivity index (χ4n) is 1.30. The second-order valence-corrected chi connectivity index (χ2v) is 3.06. The molecule has 1 heterocycles. The SMILES string of the molecule is CO[C@@H]1OC(C(=O)O)[C@@H](O)C(O)C1N. The van der Waals surface area contributed by atoms with Crippen LogP contribution in [0.2, 0.25) is 0 Å². The molecule has 0 amide bonds. The van der Waals surface area contributed by atoms with E-state index in [0.29, 0.717) is 0 Å². The van der Waals surface area contributed by atoms with Gasteiger partial charge in [-0.25, -0.2) is 4.79 Å². The Kier molecular flexibility index (Phi) is 3.40. The van der Waals surface area contributed by atoms with E-state index in [-0.39, 0.29) is 0 Å². The molecule has 3 unspecified atom stereocenters. The van der Waals surface area contributed by atoms with Crippen molar-refractivity contribution < 1.29 is 29.6 Å². The maximum absolute atomic E-state index is 10.6. The zero-order valence-electron chi connectivity index (χ0n) is 7.53. The molecule has 5 atom stereocenters. The van der Waals surface area contributed by atoms with E-state index in [9.17, 15) is 15.0 Å². The largest absolute Gasteiger partial charge is 0.479 e. The van der Waals surface area contributed by atoms with Crippen molar-refractivity contribution in [3.8, 4) is 0 Å². The number of methoxy groups -OCH3 is 1. The van der Waals surface area contributed by atoms with Crippen LogP contribution in [0.4, 0.5) is 0 Å². The molecular formula is C7H13NO6. The van der Waals surface area contributed by atoms with Gasteiger partial charge in [0.2, 0.25) is 0 Å². The van der Waals surface area contributed by atoms with Gasteiger partial charge in [-0.2, -0.15) is 0 Å². The van der Waals surface area contributed by atoms with Crippen LogP contribution in [0.3, 0.4) is 0 Å². The number of hydrogen-bond acceptors (Lipinski definition) is 6. The summed E-state index contributed by atoms with van der Waals surface area (Å²) in [6, 6.07) is -0.967. The van der Waals surface area contributed by atoms with Gasteiger partial charge in [0.05, 0.1) is 6.04 Å². The average Bonchev–Trinajstić information content (AvgIpc) is 2.14. The van der Waals surface area contributed by atoms with E-state index in [0.717, 1.165) is 0 Å². The average molecular weight is 207 g/mol. The number of carbonyl (C=O) groups is 1. The van der Waals surface area contributed by atoms with E-state index in [1.165, 1.54) is 7.11 Å². The predicted octanol–water partition coefficient (Wildman–Crippen LogP) is -2.51. The van der Waals surface area contributed by atoms with Crippen LogP contribution in [-0.2, 0) is 14.3 Å². The highest BCUT2D eigenvalue weighted by atomic mass is 16.7. The van der Waals surface area contributed by atoms with Crippen LogP contribution in [0.5, 0.6) is 0 Å². The molecule has 0 bridgehead atoms. The number of hydrogen-bond donors (Lipinski definition) is 4. The summed E-state index contributed by atoms with van der Waals surface area (Å²) in [6.07, 6.45) is -5.48. The molecular weight excluding hydrogens is 194 g/mol. The normalized spacial score (nSPS) is 43.6. The van der Waals surface area contributed by atoms with Crippen molar-refractivity contribution in [1.29, 1.82) is 0 Å². The summed E-state index contributed by atoms with van der Waals surface area (Å²) in [6.45, 7) is 0. The van der Waals surface area contributed by atoms with Gasteiger partial charge in [-0.3, -0.25) is 0 Å². The summed E-state index contributed by atoms with van der Waals surface area (Å²) in [5, 5.41) is 27.3. The van der Waals surface area contributed by atoms with Crippen molar-refractivity contribution in [1.82, 2.24) is 0 Å². The number of nitrogens with two attached hydrogens (primary N) is 1. The predicted molar refractivity (Wildman–Crippen MR) is 43.3 cm³/mol. The van der Waals surface area contributed by atoms with Gasteiger partial charge < -0.3 is 30.5 Å². The lowest BCUT2D eigenvalue weighted by molar-refractivity contribution is -0.252. The van der Waals surface area contributed by atoms with Crippen molar-refractivity contribution in [2.24, 2.45) is 5.73 Å². The number of ether oxygens (including phenoxy) is 2. The Bertz CT molecular complexity index is 220. The Morgan fingerprint density at radius 3 is 2.43 bits per heavy atom. The summed E-state index contributed by atoms with van der Waals surface area (Å²) >= 11 is 0. The topological polar surface area (TPSA) is 122 Å². The van der Waals surface area contributed by atoms with Crippen LogP contribution < -0.4 is 5.73 Å². The Labute approximate surface area is 80.0 Å². The van der Waals surface area contributed by atoms with Gasteiger partial charge in [0.25, 0.3) is 0 Å². The third-order valence-electron chi connectivity index (χ3n) is 2.13. The highest BCUT2D eigenvalue weighted by Gasteiger charge is 2.46.